The van der Waals surface area contributed by atoms with E-state index < -0.39 is 0 Å². The van der Waals surface area contributed by atoms with Crippen LogP contribution < -0.4 is 10.9 Å². The van der Waals surface area contributed by atoms with Crippen molar-refractivity contribution in [3.05, 3.63) is 70.3 Å². The Kier molecular flexibility index (Phi) is 5.89. The number of aromatic nitrogens is 2. The predicted molar refractivity (Wildman–Crippen MR) is 104 cm³/mol. The number of halogens is 1. The molecule has 0 aliphatic rings. The number of hydrogen-bond acceptors (Lipinski definition) is 4. The van der Waals surface area contributed by atoms with Crippen molar-refractivity contribution in [2.45, 2.75) is 11.7 Å². The number of fused-ring (bicyclic) bond motifs is 1. The molecule has 0 unspecified atom stereocenters. The van der Waals surface area contributed by atoms with E-state index in [1.807, 2.05) is 0 Å². The first-order chi connectivity index (χ1) is 13.1. The lowest BCUT2D eigenvalue weighted by molar-refractivity contribution is -0.118. The van der Waals surface area contributed by atoms with E-state index in [1.54, 1.807) is 36.4 Å². The van der Waals surface area contributed by atoms with Crippen LogP contribution in [0.4, 0.5) is 4.39 Å². The highest BCUT2D eigenvalue weighted by Crippen LogP contribution is 2.19. The van der Waals surface area contributed by atoms with Crippen molar-refractivity contribution in [2.24, 2.45) is 0 Å². The highest BCUT2D eigenvalue weighted by atomic mass is 32.2. The lowest BCUT2D eigenvalue weighted by atomic mass is 10.2. The summed E-state index contributed by atoms with van der Waals surface area (Å²) >= 11 is 1.15. The standard InChI is InChI=1S/C20H16FN3O2S/c1-2-11-22-18(25)13-27-20-23-17-6-4-3-5-16(17)19(26)24(20)12-14-7-9-15(21)10-8-14/h1,3-10H,11-13H2,(H,22,25). The van der Waals surface area contributed by atoms with Gasteiger partial charge in [-0.15, -0.1) is 6.42 Å². The van der Waals surface area contributed by atoms with Gasteiger partial charge in [0.25, 0.3) is 5.56 Å². The number of amides is 1. The van der Waals surface area contributed by atoms with Gasteiger partial charge in [0.05, 0.1) is 29.7 Å². The second-order valence-electron chi connectivity index (χ2n) is 5.70. The van der Waals surface area contributed by atoms with Crippen molar-refractivity contribution in [1.29, 1.82) is 0 Å². The molecule has 0 saturated carbocycles. The molecule has 1 heterocycles. The molecule has 0 aliphatic heterocycles. The van der Waals surface area contributed by atoms with E-state index in [-0.39, 0.29) is 36.1 Å². The fourth-order valence-electron chi connectivity index (χ4n) is 2.50. The van der Waals surface area contributed by atoms with E-state index in [0.29, 0.717) is 16.1 Å². The summed E-state index contributed by atoms with van der Waals surface area (Å²) in [5, 5.41) is 3.48. The highest BCUT2D eigenvalue weighted by Gasteiger charge is 2.13. The third-order valence-electron chi connectivity index (χ3n) is 3.80. The summed E-state index contributed by atoms with van der Waals surface area (Å²) in [6, 6.07) is 12.9. The molecule has 0 radical (unpaired) electrons. The molecule has 0 saturated heterocycles. The van der Waals surface area contributed by atoms with Gasteiger partial charge < -0.3 is 5.32 Å². The van der Waals surface area contributed by atoms with Crippen LogP contribution in [0.25, 0.3) is 10.9 Å². The maximum Gasteiger partial charge on any atom is 0.262 e. The Labute approximate surface area is 159 Å². The predicted octanol–water partition coefficient (Wildman–Crippen LogP) is 2.43. The molecular formula is C20H16FN3O2S. The molecule has 0 fully saturated rings. The zero-order valence-corrected chi connectivity index (χ0v) is 15.1. The normalized spacial score (nSPS) is 10.5. The van der Waals surface area contributed by atoms with E-state index in [2.05, 4.69) is 16.2 Å². The monoisotopic (exact) mass is 381 g/mol. The van der Waals surface area contributed by atoms with Crippen molar-refractivity contribution in [3.8, 4) is 12.3 Å². The van der Waals surface area contributed by atoms with Gasteiger partial charge in [-0.2, -0.15) is 0 Å². The zero-order chi connectivity index (χ0) is 19.2. The van der Waals surface area contributed by atoms with E-state index in [1.165, 1.54) is 16.7 Å². The van der Waals surface area contributed by atoms with E-state index in [0.717, 1.165) is 17.3 Å². The van der Waals surface area contributed by atoms with Gasteiger partial charge in [-0.3, -0.25) is 14.2 Å². The fraction of sp³-hybridized carbons (Fsp3) is 0.150. The van der Waals surface area contributed by atoms with Crippen molar-refractivity contribution >= 4 is 28.6 Å². The molecule has 0 bridgehead atoms. The molecule has 7 heteroatoms. The molecule has 0 atom stereocenters. The van der Waals surface area contributed by atoms with Gasteiger partial charge in [0.15, 0.2) is 5.16 Å². The third kappa shape index (κ3) is 4.54. The molecule has 3 rings (SSSR count). The molecule has 0 aliphatic carbocycles. The number of rotatable bonds is 6. The summed E-state index contributed by atoms with van der Waals surface area (Å²) in [6.45, 7) is 0.373. The Balaban J connectivity index is 1.96. The van der Waals surface area contributed by atoms with Gasteiger partial charge in [-0.05, 0) is 29.8 Å². The highest BCUT2D eigenvalue weighted by molar-refractivity contribution is 7.99. The molecule has 1 aromatic heterocycles. The van der Waals surface area contributed by atoms with Crippen LogP contribution in [0.2, 0.25) is 0 Å². The van der Waals surface area contributed by atoms with Gasteiger partial charge in [0.1, 0.15) is 5.82 Å². The Morgan fingerprint density at radius 3 is 2.70 bits per heavy atom. The van der Waals surface area contributed by atoms with Gasteiger partial charge in [-0.25, -0.2) is 9.37 Å². The van der Waals surface area contributed by atoms with Crippen molar-refractivity contribution in [3.63, 3.8) is 0 Å². The summed E-state index contributed by atoms with van der Waals surface area (Å²) in [7, 11) is 0. The van der Waals surface area contributed by atoms with Crippen LogP contribution in [0.15, 0.2) is 58.5 Å². The second-order valence-corrected chi connectivity index (χ2v) is 6.64. The molecule has 27 heavy (non-hydrogen) atoms. The number of terminal acetylenes is 1. The average molecular weight is 381 g/mol. The number of nitrogens with one attached hydrogen (secondary N) is 1. The first-order valence-electron chi connectivity index (χ1n) is 8.15. The first kappa shape index (κ1) is 18.7. The number of para-hydroxylation sites is 1. The van der Waals surface area contributed by atoms with Gasteiger partial charge >= 0.3 is 0 Å². The third-order valence-corrected chi connectivity index (χ3v) is 4.78. The largest absolute Gasteiger partial charge is 0.344 e. The molecule has 0 spiro atoms. The fourth-order valence-corrected chi connectivity index (χ4v) is 3.33. The minimum Gasteiger partial charge on any atom is -0.344 e. The Hall–Kier alpha value is -3.11. The molecule has 136 valence electrons. The second kappa shape index (κ2) is 8.52. The summed E-state index contributed by atoms with van der Waals surface area (Å²) in [6.07, 6.45) is 5.13. The number of benzene rings is 2. The van der Waals surface area contributed by atoms with Crippen LogP contribution in [0, 0.1) is 18.2 Å². The number of nitrogens with zero attached hydrogens (tertiary/aromatic N) is 2. The van der Waals surface area contributed by atoms with Crippen LogP contribution in [-0.4, -0.2) is 27.8 Å². The number of thioether (sulfide) groups is 1. The maximum absolute atomic E-state index is 13.2. The molecule has 2 aromatic carbocycles. The van der Waals surface area contributed by atoms with Crippen molar-refractivity contribution < 1.29 is 9.18 Å². The molecule has 1 amide bonds. The Bertz CT molecular complexity index is 1070. The van der Waals surface area contributed by atoms with E-state index >= 15 is 0 Å². The number of carbonyl (C=O) groups excluding carboxylic acids is 1. The Morgan fingerprint density at radius 2 is 1.96 bits per heavy atom. The van der Waals surface area contributed by atoms with Gasteiger partial charge in [-0.1, -0.05) is 41.9 Å². The van der Waals surface area contributed by atoms with Crippen LogP contribution in [0.5, 0.6) is 0 Å². The molecule has 1 N–H and O–H groups in total. The molecule has 3 aromatic rings. The molecule has 5 nitrogen and oxygen atoms in total. The van der Waals surface area contributed by atoms with Crippen LogP contribution in [0.1, 0.15) is 5.56 Å². The summed E-state index contributed by atoms with van der Waals surface area (Å²) in [4.78, 5) is 29.3. The van der Waals surface area contributed by atoms with Gasteiger partial charge in [0, 0.05) is 0 Å². The quantitative estimate of drug-likeness (QED) is 0.405. The van der Waals surface area contributed by atoms with Crippen LogP contribution in [-0.2, 0) is 11.3 Å². The lowest BCUT2D eigenvalue weighted by Crippen LogP contribution is -2.27. The maximum atomic E-state index is 13.2. The number of hydrogen-bond donors (Lipinski definition) is 1. The SMILES string of the molecule is C#CCNC(=O)CSc1nc2ccccc2c(=O)n1Cc1ccc(F)cc1. The average Bonchev–Trinajstić information content (AvgIpc) is 2.68. The summed E-state index contributed by atoms with van der Waals surface area (Å²) < 4.78 is 14.7. The first-order valence-corrected chi connectivity index (χ1v) is 9.14. The Morgan fingerprint density at radius 1 is 1.22 bits per heavy atom. The zero-order valence-electron chi connectivity index (χ0n) is 14.3. The van der Waals surface area contributed by atoms with E-state index in [4.69, 9.17) is 6.42 Å². The summed E-state index contributed by atoms with van der Waals surface area (Å²) in [5.74, 6) is 1.83. The van der Waals surface area contributed by atoms with Crippen molar-refractivity contribution in [2.75, 3.05) is 12.3 Å². The van der Waals surface area contributed by atoms with Crippen LogP contribution in [0.3, 0.4) is 0 Å². The van der Waals surface area contributed by atoms with E-state index in [9.17, 15) is 14.0 Å². The molecular weight excluding hydrogens is 365 g/mol. The van der Waals surface area contributed by atoms with Crippen molar-refractivity contribution in [1.82, 2.24) is 14.9 Å². The minimum atomic E-state index is -0.345. The van der Waals surface area contributed by atoms with Crippen LogP contribution >= 0.6 is 11.8 Å². The number of carbonyl (C=O) groups is 1. The smallest absolute Gasteiger partial charge is 0.262 e. The lowest BCUT2D eigenvalue weighted by Gasteiger charge is -2.13. The van der Waals surface area contributed by atoms with Gasteiger partial charge in [0.2, 0.25) is 5.91 Å². The topological polar surface area (TPSA) is 64.0 Å². The minimum absolute atomic E-state index is 0.0792. The summed E-state index contributed by atoms with van der Waals surface area (Å²) in [5.41, 5.74) is 1.11.